The van der Waals surface area contributed by atoms with E-state index in [2.05, 4.69) is 10.7 Å². The molecule has 190 valence electrons. The highest BCUT2D eigenvalue weighted by Gasteiger charge is 2.41. The Morgan fingerprint density at radius 1 is 1.17 bits per heavy atom. The summed E-state index contributed by atoms with van der Waals surface area (Å²) < 4.78 is 36.1. The lowest BCUT2D eigenvalue weighted by atomic mass is 9.98. The predicted molar refractivity (Wildman–Crippen MR) is 131 cm³/mol. The average Bonchev–Trinajstić information content (AvgIpc) is 2.85. The highest BCUT2D eigenvalue weighted by atomic mass is 32.2. The minimum atomic E-state index is -3.02. The third-order valence-electron chi connectivity index (χ3n) is 5.73. The molecule has 1 aliphatic rings. The molecular formula is C25H31F2N3O4S. The van der Waals surface area contributed by atoms with Crippen molar-refractivity contribution < 1.29 is 27.8 Å². The van der Waals surface area contributed by atoms with Crippen LogP contribution in [0.5, 0.6) is 11.5 Å². The zero-order valence-corrected chi connectivity index (χ0v) is 20.8. The van der Waals surface area contributed by atoms with Gasteiger partial charge < -0.3 is 14.8 Å². The number of carbonyl (C=O) groups excluding carboxylic acids is 2. The van der Waals surface area contributed by atoms with Gasteiger partial charge in [0.15, 0.2) is 11.5 Å². The molecule has 1 heterocycles. The summed E-state index contributed by atoms with van der Waals surface area (Å²) in [5, 5.41) is 4.30. The standard InChI is InChI=1S/C25H31F2N3O4S/c1-4-6-12-21(31)28-23(16-10-8-7-9-11-16)30-22(20(5-2)35-25(32)29-30)17-13-14-18(33-3)19(15-17)34-24(26)27/h7-11,13-15,20,22-24H,4-6,12H2,1-3H3,(H,28,31)(H,29,32). The number of hydrazine groups is 1. The second kappa shape index (κ2) is 12.7. The van der Waals surface area contributed by atoms with Crippen molar-refractivity contribution in [2.75, 3.05) is 7.11 Å². The number of hydrogen-bond acceptors (Lipinski definition) is 6. The Hall–Kier alpha value is -2.85. The molecule has 3 rings (SSSR count). The van der Waals surface area contributed by atoms with E-state index in [1.54, 1.807) is 17.1 Å². The summed E-state index contributed by atoms with van der Waals surface area (Å²) in [6, 6.07) is 13.7. The van der Waals surface area contributed by atoms with Gasteiger partial charge in [0.05, 0.1) is 13.2 Å². The molecule has 0 spiro atoms. The summed E-state index contributed by atoms with van der Waals surface area (Å²) >= 11 is 1.14. The number of carbonyl (C=O) groups is 2. The van der Waals surface area contributed by atoms with Crippen LogP contribution in [0.4, 0.5) is 13.6 Å². The van der Waals surface area contributed by atoms with Crippen LogP contribution in [0.15, 0.2) is 48.5 Å². The molecule has 2 aromatic rings. The number of halogens is 2. The molecule has 3 unspecified atom stereocenters. The Morgan fingerprint density at radius 3 is 2.54 bits per heavy atom. The molecule has 1 saturated heterocycles. The minimum absolute atomic E-state index is 0.0973. The van der Waals surface area contributed by atoms with E-state index in [0.29, 0.717) is 18.4 Å². The lowest BCUT2D eigenvalue weighted by Crippen LogP contribution is -2.56. The summed E-state index contributed by atoms with van der Waals surface area (Å²) in [4.78, 5) is 25.5. The first-order valence-corrected chi connectivity index (χ1v) is 12.5. The van der Waals surface area contributed by atoms with Crippen LogP contribution in [0.2, 0.25) is 0 Å². The molecule has 2 amide bonds. The molecule has 2 aromatic carbocycles. The van der Waals surface area contributed by atoms with Crippen molar-refractivity contribution in [3.8, 4) is 11.5 Å². The van der Waals surface area contributed by atoms with Crippen molar-refractivity contribution >= 4 is 22.9 Å². The largest absolute Gasteiger partial charge is 0.493 e. The van der Waals surface area contributed by atoms with Crippen LogP contribution in [0.3, 0.4) is 0 Å². The summed E-state index contributed by atoms with van der Waals surface area (Å²) in [5.41, 5.74) is 4.32. The van der Waals surface area contributed by atoms with Crippen LogP contribution < -0.4 is 20.2 Å². The number of hydrogen-bond donors (Lipinski definition) is 2. The van der Waals surface area contributed by atoms with Gasteiger partial charge in [-0.3, -0.25) is 15.0 Å². The Balaban J connectivity index is 2.07. The number of nitrogens with zero attached hydrogens (tertiary/aromatic N) is 1. The van der Waals surface area contributed by atoms with Gasteiger partial charge in [0.25, 0.3) is 5.24 Å². The maximum Gasteiger partial charge on any atom is 0.387 e. The third kappa shape index (κ3) is 6.85. The Labute approximate surface area is 208 Å². The van der Waals surface area contributed by atoms with E-state index in [9.17, 15) is 18.4 Å². The van der Waals surface area contributed by atoms with E-state index < -0.39 is 18.8 Å². The van der Waals surface area contributed by atoms with E-state index in [1.807, 2.05) is 44.2 Å². The van der Waals surface area contributed by atoms with Gasteiger partial charge in [-0.1, -0.05) is 68.4 Å². The van der Waals surface area contributed by atoms with Crippen molar-refractivity contribution in [3.63, 3.8) is 0 Å². The molecule has 1 fully saturated rings. The molecule has 3 atom stereocenters. The van der Waals surface area contributed by atoms with Crippen molar-refractivity contribution in [2.24, 2.45) is 0 Å². The van der Waals surface area contributed by atoms with Gasteiger partial charge >= 0.3 is 6.61 Å². The van der Waals surface area contributed by atoms with Crippen molar-refractivity contribution in [1.82, 2.24) is 15.8 Å². The highest BCUT2D eigenvalue weighted by molar-refractivity contribution is 8.14. The fourth-order valence-corrected chi connectivity index (χ4v) is 5.08. The average molecular weight is 508 g/mol. The molecule has 0 aliphatic carbocycles. The first-order valence-electron chi connectivity index (χ1n) is 11.6. The van der Waals surface area contributed by atoms with Crippen LogP contribution in [-0.4, -0.2) is 35.1 Å². The Morgan fingerprint density at radius 2 is 1.91 bits per heavy atom. The molecule has 0 saturated carbocycles. The van der Waals surface area contributed by atoms with Crippen LogP contribution in [0, 0.1) is 0 Å². The number of nitrogens with one attached hydrogen (secondary N) is 2. The van der Waals surface area contributed by atoms with Gasteiger partial charge in [0.2, 0.25) is 5.91 Å². The first-order chi connectivity index (χ1) is 16.9. The van der Waals surface area contributed by atoms with E-state index >= 15 is 0 Å². The number of methoxy groups -OCH3 is 1. The first kappa shape index (κ1) is 26.7. The van der Waals surface area contributed by atoms with Crippen LogP contribution >= 0.6 is 11.8 Å². The smallest absolute Gasteiger partial charge is 0.387 e. The van der Waals surface area contributed by atoms with E-state index in [-0.39, 0.29) is 27.9 Å². The number of ether oxygens (including phenoxy) is 2. The Bertz CT molecular complexity index is 996. The lowest BCUT2D eigenvalue weighted by Gasteiger charge is -2.44. The summed E-state index contributed by atoms with van der Waals surface area (Å²) in [6.45, 7) is 0.945. The van der Waals surface area contributed by atoms with Crippen molar-refractivity contribution in [1.29, 1.82) is 0 Å². The number of benzene rings is 2. The second-order valence-corrected chi connectivity index (χ2v) is 9.30. The monoisotopic (exact) mass is 507 g/mol. The van der Waals surface area contributed by atoms with E-state index in [0.717, 1.165) is 30.2 Å². The SMILES string of the molecule is CCCCC(=O)NC(c1ccccc1)N1NC(=O)SC(CC)C1c1ccc(OC)c(OC(F)F)c1. The predicted octanol–water partition coefficient (Wildman–Crippen LogP) is 5.79. The number of alkyl halides is 2. The maximum atomic E-state index is 13.1. The molecular weight excluding hydrogens is 476 g/mol. The summed E-state index contributed by atoms with van der Waals surface area (Å²) in [7, 11) is 1.38. The van der Waals surface area contributed by atoms with Crippen LogP contribution in [0.25, 0.3) is 0 Å². The van der Waals surface area contributed by atoms with E-state index in [4.69, 9.17) is 9.47 Å². The highest BCUT2D eigenvalue weighted by Crippen LogP contribution is 2.43. The maximum absolute atomic E-state index is 13.1. The zero-order valence-electron chi connectivity index (χ0n) is 20.0. The number of unbranched alkanes of at least 4 members (excludes halogenated alkanes) is 1. The van der Waals surface area contributed by atoms with Gasteiger partial charge in [-0.25, -0.2) is 0 Å². The molecule has 0 bridgehead atoms. The van der Waals surface area contributed by atoms with Gasteiger partial charge in [-0.15, -0.1) is 0 Å². The fourth-order valence-electron chi connectivity index (χ4n) is 4.07. The molecule has 1 aliphatic heterocycles. The second-order valence-electron chi connectivity index (χ2n) is 8.09. The normalized spacial score (nSPS) is 19.2. The number of amides is 2. The van der Waals surface area contributed by atoms with E-state index in [1.165, 1.54) is 13.2 Å². The minimum Gasteiger partial charge on any atom is -0.493 e. The molecule has 10 heteroatoms. The third-order valence-corrected chi connectivity index (χ3v) is 6.93. The Kier molecular flexibility index (Phi) is 9.73. The quantitative estimate of drug-likeness (QED) is 0.401. The summed E-state index contributed by atoms with van der Waals surface area (Å²) in [5.74, 6) is -0.0648. The van der Waals surface area contributed by atoms with Crippen molar-refractivity contribution in [2.45, 2.75) is 63.6 Å². The fraction of sp³-hybridized carbons (Fsp3) is 0.440. The molecule has 0 aromatic heterocycles. The molecule has 35 heavy (non-hydrogen) atoms. The van der Waals surface area contributed by atoms with Gasteiger partial charge in [-0.2, -0.15) is 13.8 Å². The van der Waals surface area contributed by atoms with Crippen LogP contribution in [0.1, 0.15) is 62.9 Å². The zero-order chi connectivity index (χ0) is 25.4. The topological polar surface area (TPSA) is 79.9 Å². The van der Waals surface area contributed by atoms with Gasteiger partial charge in [-0.05, 0) is 36.1 Å². The molecule has 0 radical (unpaired) electrons. The number of thioether (sulfide) groups is 1. The van der Waals surface area contributed by atoms with Gasteiger partial charge in [0.1, 0.15) is 6.17 Å². The van der Waals surface area contributed by atoms with Gasteiger partial charge in [0, 0.05) is 11.7 Å². The molecule has 2 N–H and O–H groups in total. The number of rotatable bonds is 11. The molecule has 7 nitrogen and oxygen atoms in total. The van der Waals surface area contributed by atoms with Crippen LogP contribution in [-0.2, 0) is 4.79 Å². The lowest BCUT2D eigenvalue weighted by molar-refractivity contribution is -0.124. The summed E-state index contributed by atoms with van der Waals surface area (Å²) in [6.07, 6.45) is 1.92. The van der Waals surface area contributed by atoms with Crippen molar-refractivity contribution in [3.05, 3.63) is 59.7 Å².